The molecule has 1 amide bonds. The van der Waals surface area contributed by atoms with Crippen molar-refractivity contribution in [2.75, 3.05) is 0 Å². The minimum Gasteiger partial charge on any atom is -0.474 e. The first kappa shape index (κ1) is 17.8. The lowest BCUT2D eigenvalue weighted by Gasteiger charge is -2.16. The Labute approximate surface area is 153 Å². The van der Waals surface area contributed by atoms with Gasteiger partial charge in [0, 0.05) is 23.2 Å². The third kappa shape index (κ3) is 5.23. The predicted molar refractivity (Wildman–Crippen MR) is 101 cm³/mol. The molecule has 1 heterocycles. The number of rotatable bonds is 7. The molecule has 1 aromatic heterocycles. The minimum absolute atomic E-state index is 0.0181. The summed E-state index contributed by atoms with van der Waals surface area (Å²) in [7, 11) is 0. The fourth-order valence-corrected chi connectivity index (χ4v) is 3.82. The van der Waals surface area contributed by atoms with Gasteiger partial charge in [0.15, 0.2) is 0 Å². The molecule has 5 heteroatoms. The van der Waals surface area contributed by atoms with Crippen LogP contribution in [0.5, 0.6) is 5.88 Å². The largest absolute Gasteiger partial charge is 0.474 e. The normalized spacial score (nSPS) is 15.7. The highest BCUT2D eigenvalue weighted by molar-refractivity contribution is 8.00. The second kappa shape index (κ2) is 8.90. The summed E-state index contributed by atoms with van der Waals surface area (Å²) >= 11 is 1.56. The molecule has 2 aromatic rings. The number of hydrogen-bond donors (Lipinski definition) is 1. The van der Waals surface area contributed by atoms with Gasteiger partial charge in [0.25, 0.3) is 0 Å². The molecule has 132 valence electrons. The summed E-state index contributed by atoms with van der Waals surface area (Å²) in [6.45, 7) is 2.36. The van der Waals surface area contributed by atoms with Crippen LogP contribution < -0.4 is 10.1 Å². The van der Waals surface area contributed by atoms with Crippen molar-refractivity contribution in [3.05, 3.63) is 54.2 Å². The van der Waals surface area contributed by atoms with Gasteiger partial charge in [-0.1, -0.05) is 24.3 Å². The van der Waals surface area contributed by atoms with Crippen molar-refractivity contribution in [3.8, 4) is 5.88 Å². The van der Waals surface area contributed by atoms with Crippen LogP contribution in [0.4, 0.5) is 0 Å². The van der Waals surface area contributed by atoms with E-state index < -0.39 is 0 Å². The molecule has 1 atom stereocenters. The van der Waals surface area contributed by atoms with E-state index in [0.29, 0.717) is 12.4 Å². The van der Waals surface area contributed by atoms with Crippen LogP contribution >= 0.6 is 11.8 Å². The van der Waals surface area contributed by atoms with E-state index in [1.807, 2.05) is 49.4 Å². The SMILES string of the molecule is CC(Sc1ccccc1)C(=O)NCc1cccnc1OC1CCCC1. The Kier molecular flexibility index (Phi) is 6.34. The Balaban J connectivity index is 1.54. The van der Waals surface area contributed by atoms with Crippen LogP contribution in [0.1, 0.15) is 38.2 Å². The van der Waals surface area contributed by atoms with E-state index in [0.717, 1.165) is 23.3 Å². The van der Waals surface area contributed by atoms with Gasteiger partial charge in [-0.15, -0.1) is 11.8 Å². The Morgan fingerprint density at radius 3 is 2.76 bits per heavy atom. The molecule has 1 aromatic carbocycles. The molecule has 0 bridgehead atoms. The number of benzene rings is 1. The maximum atomic E-state index is 12.4. The third-order valence-corrected chi connectivity index (χ3v) is 5.42. The summed E-state index contributed by atoms with van der Waals surface area (Å²) < 4.78 is 6.03. The zero-order chi connectivity index (χ0) is 17.5. The number of hydrogen-bond acceptors (Lipinski definition) is 4. The summed E-state index contributed by atoms with van der Waals surface area (Å²) in [4.78, 5) is 17.8. The number of nitrogens with one attached hydrogen (secondary N) is 1. The zero-order valence-electron chi connectivity index (χ0n) is 14.5. The van der Waals surface area contributed by atoms with Crippen LogP contribution in [-0.4, -0.2) is 22.2 Å². The Hall–Kier alpha value is -2.01. The van der Waals surface area contributed by atoms with E-state index in [4.69, 9.17) is 4.74 Å². The molecule has 1 N–H and O–H groups in total. The molecule has 3 rings (SSSR count). The number of carbonyl (C=O) groups excluding carboxylic acids is 1. The number of thioether (sulfide) groups is 1. The average molecular weight is 356 g/mol. The van der Waals surface area contributed by atoms with E-state index >= 15 is 0 Å². The van der Waals surface area contributed by atoms with Crippen LogP contribution in [-0.2, 0) is 11.3 Å². The van der Waals surface area contributed by atoms with Crippen LogP contribution in [0.3, 0.4) is 0 Å². The van der Waals surface area contributed by atoms with E-state index in [2.05, 4.69) is 10.3 Å². The predicted octanol–water partition coefficient (Wildman–Crippen LogP) is 4.20. The first-order chi connectivity index (χ1) is 12.2. The molecule has 0 spiro atoms. The first-order valence-electron chi connectivity index (χ1n) is 8.82. The van der Waals surface area contributed by atoms with Gasteiger partial charge in [-0.3, -0.25) is 4.79 Å². The molecule has 1 unspecified atom stereocenters. The van der Waals surface area contributed by atoms with Gasteiger partial charge < -0.3 is 10.1 Å². The number of carbonyl (C=O) groups is 1. The molecule has 0 aliphatic heterocycles. The van der Waals surface area contributed by atoms with Crippen molar-refractivity contribution in [3.63, 3.8) is 0 Å². The molecule has 0 saturated heterocycles. The number of pyridine rings is 1. The highest BCUT2D eigenvalue weighted by Crippen LogP contribution is 2.25. The zero-order valence-corrected chi connectivity index (χ0v) is 15.3. The van der Waals surface area contributed by atoms with Gasteiger partial charge in [0.05, 0.1) is 5.25 Å². The van der Waals surface area contributed by atoms with Crippen molar-refractivity contribution in [1.82, 2.24) is 10.3 Å². The quantitative estimate of drug-likeness (QED) is 0.756. The molecule has 4 nitrogen and oxygen atoms in total. The lowest BCUT2D eigenvalue weighted by atomic mass is 10.2. The van der Waals surface area contributed by atoms with Gasteiger partial charge in [0.2, 0.25) is 11.8 Å². The number of aromatic nitrogens is 1. The highest BCUT2D eigenvalue weighted by Gasteiger charge is 2.19. The Bertz CT molecular complexity index is 687. The Morgan fingerprint density at radius 1 is 1.24 bits per heavy atom. The van der Waals surface area contributed by atoms with Crippen LogP contribution in [0, 0.1) is 0 Å². The van der Waals surface area contributed by atoms with Crippen molar-refractivity contribution in [2.45, 2.75) is 55.4 Å². The monoisotopic (exact) mass is 356 g/mol. The molecule has 1 saturated carbocycles. The standard InChI is InChI=1S/C20H24N2O2S/c1-15(25-18-11-3-2-4-12-18)19(23)22-14-16-8-7-13-21-20(16)24-17-9-5-6-10-17/h2-4,7-8,11-13,15,17H,5-6,9-10,14H2,1H3,(H,22,23). The minimum atomic E-state index is -0.154. The summed E-state index contributed by atoms with van der Waals surface area (Å²) in [5, 5.41) is 2.85. The topological polar surface area (TPSA) is 51.2 Å². The van der Waals surface area contributed by atoms with E-state index in [1.165, 1.54) is 12.8 Å². The van der Waals surface area contributed by atoms with Crippen molar-refractivity contribution in [1.29, 1.82) is 0 Å². The van der Waals surface area contributed by atoms with Crippen molar-refractivity contribution in [2.24, 2.45) is 0 Å². The van der Waals surface area contributed by atoms with Gasteiger partial charge in [-0.2, -0.15) is 0 Å². The van der Waals surface area contributed by atoms with Crippen LogP contribution in [0.15, 0.2) is 53.6 Å². The lowest BCUT2D eigenvalue weighted by Crippen LogP contribution is -2.30. The number of nitrogens with zero attached hydrogens (tertiary/aromatic N) is 1. The van der Waals surface area contributed by atoms with Gasteiger partial charge >= 0.3 is 0 Å². The second-order valence-corrected chi connectivity index (χ2v) is 7.70. The summed E-state index contributed by atoms with van der Waals surface area (Å²) in [5.74, 6) is 0.669. The van der Waals surface area contributed by atoms with E-state index in [-0.39, 0.29) is 17.3 Å². The van der Waals surface area contributed by atoms with Crippen molar-refractivity contribution < 1.29 is 9.53 Å². The smallest absolute Gasteiger partial charge is 0.233 e. The van der Waals surface area contributed by atoms with E-state index in [1.54, 1.807) is 18.0 Å². The van der Waals surface area contributed by atoms with Crippen LogP contribution in [0.25, 0.3) is 0 Å². The van der Waals surface area contributed by atoms with Gasteiger partial charge in [-0.25, -0.2) is 4.98 Å². The van der Waals surface area contributed by atoms with Crippen LogP contribution in [0.2, 0.25) is 0 Å². The molecular formula is C20H24N2O2S. The molecule has 1 aliphatic carbocycles. The second-order valence-electron chi connectivity index (χ2n) is 6.28. The maximum Gasteiger partial charge on any atom is 0.233 e. The summed E-state index contributed by atoms with van der Waals surface area (Å²) in [6, 6.07) is 13.8. The third-order valence-electron chi connectivity index (χ3n) is 4.31. The number of amides is 1. The fraction of sp³-hybridized carbons (Fsp3) is 0.400. The van der Waals surface area contributed by atoms with Gasteiger partial charge in [0.1, 0.15) is 6.10 Å². The summed E-state index contributed by atoms with van der Waals surface area (Å²) in [5.41, 5.74) is 0.930. The lowest BCUT2D eigenvalue weighted by molar-refractivity contribution is -0.120. The fourth-order valence-electron chi connectivity index (χ4n) is 2.91. The van der Waals surface area contributed by atoms with Gasteiger partial charge in [-0.05, 0) is 50.8 Å². The molecule has 1 aliphatic rings. The Morgan fingerprint density at radius 2 is 2.00 bits per heavy atom. The summed E-state index contributed by atoms with van der Waals surface area (Å²) in [6.07, 6.45) is 6.62. The molecule has 0 radical (unpaired) electrons. The first-order valence-corrected chi connectivity index (χ1v) is 9.70. The van der Waals surface area contributed by atoms with E-state index in [9.17, 15) is 4.79 Å². The molecular weight excluding hydrogens is 332 g/mol. The molecule has 1 fully saturated rings. The maximum absolute atomic E-state index is 12.4. The number of ether oxygens (including phenoxy) is 1. The molecule has 25 heavy (non-hydrogen) atoms. The average Bonchev–Trinajstić information content (AvgIpc) is 3.14. The van der Waals surface area contributed by atoms with Crippen molar-refractivity contribution >= 4 is 17.7 Å². The highest BCUT2D eigenvalue weighted by atomic mass is 32.2.